The number of piperidine rings is 1. The fourth-order valence-corrected chi connectivity index (χ4v) is 3.70. The van der Waals surface area contributed by atoms with Crippen LogP contribution in [0.25, 0.3) is 0 Å². The predicted molar refractivity (Wildman–Crippen MR) is 101 cm³/mol. The number of nitrogens with zero attached hydrogens (tertiary/aromatic N) is 1. The van der Waals surface area contributed by atoms with Crippen LogP contribution in [0, 0.1) is 0 Å². The van der Waals surface area contributed by atoms with E-state index in [1.165, 1.54) is 5.56 Å². The molecular formula is C20H27N3O3. The van der Waals surface area contributed by atoms with Gasteiger partial charge in [-0.1, -0.05) is 0 Å². The second-order valence-electron chi connectivity index (χ2n) is 6.68. The van der Waals surface area contributed by atoms with E-state index in [4.69, 9.17) is 9.47 Å². The fraction of sp³-hybridized carbons (Fsp3) is 0.450. The molecule has 1 aliphatic rings. The van der Waals surface area contributed by atoms with E-state index in [2.05, 4.69) is 27.3 Å². The zero-order valence-electron chi connectivity index (χ0n) is 15.7. The number of hydrogen-bond acceptors (Lipinski definition) is 4. The molecule has 1 aliphatic heterocycles. The van der Waals surface area contributed by atoms with Crippen molar-refractivity contribution in [2.24, 2.45) is 0 Å². The molecule has 2 aromatic rings. The van der Waals surface area contributed by atoms with E-state index in [0.717, 1.165) is 55.2 Å². The SMILES string of the molecule is CNC(=O)c1cc[nH]c1C1CCCN(Cc2cc(OC)cc(OC)c2)C1. The Morgan fingerprint density at radius 1 is 1.27 bits per heavy atom. The Bertz CT molecular complexity index is 734. The minimum absolute atomic E-state index is 0.0316. The van der Waals surface area contributed by atoms with Gasteiger partial charge in [-0.2, -0.15) is 0 Å². The van der Waals surface area contributed by atoms with Crippen LogP contribution in [-0.2, 0) is 6.54 Å². The van der Waals surface area contributed by atoms with Crippen LogP contribution in [0.1, 0.15) is 40.4 Å². The van der Waals surface area contributed by atoms with Gasteiger partial charge in [0.05, 0.1) is 19.8 Å². The van der Waals surface area contributed by atoms with E-state index < -0.39 is 0 Å². The number of H-pyrrole nitrogens is 1. The molecule has 0 radical (unpaired) electrons. The van der Waals surface area contributed by atoms with Gasteiger partial charge >= 0.3 is 0 Å². The van der Waals surface area contributed by atoms with Gasteiger partial charge < -0.3 is 19.8 Å². The molecule has 0 bridgehead atoms. The molecule has 140 valence electrons. The number of likely N-dealkylation sites (tertiary alicyclic amines) is 1. The highest BCUT2D eigenvalue weighted by molar-refractivity contribution is 5.95. The lowest BCUT2D eigenvalue weighted by Gasteiger charge is -2.33. The topological polar surface area (TPSA) is 66.6 Å². The summed E-state index contributed by atoms with van der Waals surface area (Å²) in [6.07, 6.45) is 4.05. The van der Waals surface area contributed by atoms with Crippen molar-refractivity contribution in [3.8, 4) is 11.5 Å². The highest BCUT2D eigenvalue weighted by Gasteiger charge is 2.26. The van der Waals surface area contributed by atoms with Gasteiger partial charge in [-0.3, -0.25) is 9.69 Å². The van der Waals surface area contributed by atoms with Crippen molar-refractivity contribution in [1.82, 2.24) is 15.2 Å². The lowest BCUT2D eigenvalue weighted by atomic mass is 9.92. The number of benzene rings is 1. The summed E-state index contributed by atoms with van der Waals surface area (Å²) >= 11 is 0. The third-order valence-corrected chi connectivity index (χ3v) is 4.98. The summed E-state index contributed by atoms with van der Waals surface area (Å²) in [5.41, 5.74) is 2.96. The van der Waals surface area contributed by atoms with Crippen LogP contribution in [0.15, 0.2) is 30.5 Å². The monoisotopic (exact) mass is 357 g/mol. The zero-order valence-corrected chi connectivity index (χ0v) is 15.7. The third kappa shape index (κ3) is 4.02. The van der Waals surface area contributed by atoms with Gasteiger partial charge in [-0.25, -0.2) is 0 Å². The molecule has 6 nitrogen and oxygen atoms in total. The third-order valence-electron chi connectivity index (χ3n) is 4.98. The summed E-state index contributed by atoms with van der Waals surface area (Å²) in [6.45, 7) is 2.80. The zero-order chi connectivity index (χ0) is 18.5. The standard InChI is InChI=1S/C20H27N3O3/c1-21-20(24)18-6-7-22-19(18)15-5-4-8-23(13-15)12-14-9-16(25-2)11-17(10-14)26-3/h6-7,9-11,15,22H,4-5,8,12-13H2,1-3H3,(H,21,24). The van der Waals surface area contributed by atoms with Crippen molar-refractivity contribution >= 4 is 5.91 Å². The van der Waals surface area contributed by atoms with Crippen molar-refractivity contribution in [2.75, 3.05) is 34.4 Å². The molecule has 0 aliphatic carbocycles. The van der Waals surface area contributed by atoms with E-state index >= 15 is 0 Å². The predicted octanol–water partition coefficient (Wildman–Crippen LogP) is 2.77. The summed E-state index contributed by atoms with van der Waals surface area (Å²) in [4.78, 5) is 17.8. The number of aromatic amines is 1. The first kappa shape index (κ1) is 18.3. The number of carbonyl (C=O) groups excluding carboxylic acids is 1. The largest absolute Gasteiger partial charge is 0.497 e. The van der Waals surface area contributed by atoms with Gasteiger partial charge in [0.1, 0.15) is 11.5 Å². The highest BCUT2D eigenvalue weighted by atomic mass is 16.5. The van der Waals surface area contributed by atoms with Gasteiger partial charge in [0.15, 0.2) is 0 Å². The summed E-state index contributed by atoms with van der Waals surface area (Å²) in [6, 6.07) is 7.85. The number of rotatable bonds is 6. The molecule has 0 spiro atoms. The summed E-state index contributed by atoms with van der Waals surface area (Å²) in [5, 5.41) is 2.72. The first-order valence-electron chi connectivity index (χ1n) is 8.98. The lowest BCUT2D eigenvalue weighted by molar-refractivity contribution is 0.0960. The lowest BCUT2D eigenvalue weighted by Crippen LogP contribution is -2.34. The molecule has 2 heterocycles. The van der Waals surface area contributed by atoms with Crippen LogP contribution in [0.5, 0.6) is 11.5 Å². The Hall–Kier alpha value is -2.47. The van der Waals surface area contributed by atoms with Crippen LogP contribution in [0.3, 0.4) is 0 Å². The average molecular weight is 357 g/mol. The van der Waals surface area contributed by atoms with Gasteiger partial charge in [0.2, 0.25) is 0 Å². The molecule has 1 amide bonds. The maximum atomic E-state index is 12.1. The molecule has 6 heteroatoms. The normalized spacial score (nSPS) is 17.7. The molecule has 3 rings (SSSR count). The number of hydrogen-bond donors (Lipinski definition) is 2. The quantitative estimate of drug-likeness (QED) is 0.834. The van der Waals surface area contributed by atoms with E-state index in [1.807, 2.05) is 18.3 Å². The van der Waals surface area contributed by atoms with Gasteiger partial charge in [0.25, 0.3) is 5.91 Å². The maximum Gasteiger partial charge on any atom is 0.252 e. The number of nitrogens with one attached hydrogen (secondary N) is 2. The Kier molecular flexibility index (Phi) is 5.83. The Morgan fingerprint density at radius 3 is 2.65 bits per heavy atom. The molecule has 1 aromatic carbocycles. The van der Waals surface area contributed by atoms with Crippen LogP contribution >= 0.6 is 0 Å². The maximum absolute atomic E-state index is 12.1. The highest BCUT2D eigenvalue weighted by Crippen LogP contribution is 2.30. The summed E-state index contributed by atoms with van der Waals surface area (Å²) in [5.74, 6) is 1.91. The molecule has 26 heavy (non-hydrogen) atoms. The van der Waals surface area contributed by atoms with Crippen molar-refractivity contribution in [2.45, 2.75) is 25.3 Å². The van der Waals surface area contributed by atoms with Crippen molar-refractivity contribution in [1.29, 1.82) is 0 Å². The number of carbonyl (C=O) groups is 1. The number of ether oxygens (including phenoxy) is 2. The second-order valence-corrected chi connectivity index (χ2v) is 6.68. The second kappa shape index (κ2) is 8.27. The summed E-state index contributed by atoms with van der Waals surface area (Å²) < 4.78 is 10.7. The van der Waals surface area contributed by atoms with Crippen LogP contribution in [-0.4, -0.2) is 50.1 Å². The first-order chi connectivity index (χ1) is 12.6. The molecule has 1 atom stereocenters. The molecule has 1 aromatic heterocycles. The number of amides is 1. The van der Waals surface area contributed by atoms with Crippen LogP contribution < -0.4 is 14.8 Å². The van der Waals surface area contributed by atoms with Crippen molar-refractivity contribution in [3.05, 3.63) is 47.3 Å². The summed E-state index contributed by atoms with van der Waals surface area (Å²) in [7, 11) is 5.00. The Labute approximate surface area is 154 Å². The van der Waals surface area contributed by atoms with Crippen molar-refractivity contribution in [3.63, 3.8) is 0 Å². The Balaban J connectivity index is 1.73. The van der Waals surface area contributed by atoms with Crippen LogP contribution in [0.2, 0.25) is 0 Å². The molecular weight excluding hydrogens is 330 g/mol. The van der Waals surface area contributed by atoms with Gasteiger partial charge in [0, 0.05) is 44.0 Å². The van der Waals surface area contributed by atoms with E-state index in [-0.39, 0.29) is 5.91 Å². The smallest absolute Gasteiger partial charge is 0.252 e. The number of aromatic nitrogens is 1. The first-order valence-corrected chi connectivity index (χ1v) is 8.98. The average Bonchev–Trinajstić information content (AvgIpc) is 3.17. The number of methoxy groups -OCH3 is 2. The fourth-order valence-electron chi connectivity index (χ4n) is 3.70. The van der Waals surface area contributed by atoms with E-state index in [1.54, 1.807) is 21.3 Å². The molecule has 0 saturated carbocycles. The minimum Gasteiger partial charge on any atom is -0.497 e. The molecule has 1 unspecified atom stereocenters. The minimum atomic E-state index is -0.0316. The Morgan fingerprint density at radius 2 is 2.00 bits per heavy atom. The molecule has 1 saturated heterocycles. The van der Waals surface area contributed by atoms with Gasteiger partial charge in [-0.15, -0.1) is 0 Å². The van der Waals surface area contributed by atoms with Crippen LogP contribution in [0.4, 0.5) is 0 Å². The van der Waals surface area contributed by atoms with E-state index in [0.29, 0.717) is 5.92 Å². The van der Waals surface area contributed by atoms with E-state index in [9.17, 15) is 4.79 Å². The van der Waals surface area contributed by atoms with Crippen molar-refractivity contribution < 1.29 is 14.3 Å². The molecule has 1 fully saturated rings. The molecule has 2 N–H and O–H groups in total. The van der Waals surface area contributed by atoms with Gasteiger partial charge in [-0.05, 0) is 43.1 Å².